The summed E-state index contributed by atoms with van der Waals surface area (Å²) in [5.41, 5.74) is 3.89. The fourth-order valence-electron chi connectivity index (χ4n) is 4.17. The van der Waals surface area contributed by atoms with E-state index in [2.05, 4.69) is 4.90 Å². The maximum Gasteiger partial charge on any atom is 0.269 e. The van der Waals surface area contributed by atoms with Crippen LogP contribution in [0, 0.1) is 10.1 Å². The molecule has 2 heterocycles. The number of hydrogen-bond donors (Lipinski definition) is 0. The van der Waals surface area contributed by atoms with Gasteiger partial charge in [0.2, 0.25) is 0 Å². The van der Waals surface area contributed by atoms with Gasteiger partial charge in [-0.15, -0.1) is 5.75 Å². The minimum atomic E-state index is -0.523. The summed E-state index contributed by atoms with van der Waals surface area (Å²) in [6.45, 7) is 2.63. The van der Waals surface area contributed by atoms with Gasteiger partial charge >= 0.3 is 0 Å². The third kappa shape index (κ3) is 2.47. The first-order valence-corrected chi connectivity index (χ1v) is 9.38. The SMILES string of the molecule is CCN1c2ccccc2-c2nc3ccccc3n2[C@H]1c1cc([N+](=O)[O-])ccc1[O-]. The van der Waals surface area contributed by atoms with Gasteiger partial charge in [0, 0.05) is 29.9 Å². The lowest BCUT2D eigenvalue weighted by atomic mass is 10.0. The molecule has 1 aliphatic rings. The molecule has 0 saturated carbocycles. The Morgan fingerprint density at radius 1 is 1.07 bits per heavy atom. The Morgan fingerprint density at radius 2 is 1.83 bits per heavy atom. The predicted molar refractivity (Wildman–Crippen MR) is 109 cm³/mol. The van der Waals surface area contributed by atoms with Crippen LogP contribution in [0.2, 0.25) is 0 Å². The summed E-state index contributed by atoms with van der Waals surface area (Å²) in [5.74, 6) is 0.518. The van der Waals surface area contributed by atoms with Crippen LogP contribution < -0.4 is 10.0 Å². The number of benzene rings is 3. The second kappa shape index (κ2) is 6.34. The van der Waals surface area contributed by atoms with Gasteiger partial charge in [0.25, 0.3) is 5.69 Å². The van der Waals surface area contributed by atoms with E-state index in [1.807, 2.05) is 60.0 Å². The summed E-state index contributed by atoms with van der Waals surface area (Å²) in [6.07, 6.45) is -0.523. The van der Waals surface area contributed by atoms with Crippen molar-refractivity contribution >= 4 is 22.4 Å². The van der Waals surface area contributed by atoms with Gasteiger partial charge in [-0.2, -0.15) is 0 Å². The van der Waals surface area contributed by atoms with Crippen molar-refractivity contribution in [2.75, 3.05) is 11.4 Å². The van der Waals surface area contributed by atoms with Crippen LogP contribution in [0.1, 0.15) is 18.7 Å². The third-order valence-electron chi connectivity index (χ3n) is 5.41. The molecule has 0 spiro atoms. The summed E-state index contributed by atoms with van der Waals surface area (Å²) >= 11 is 0. The van der Waals surface area contributed by atoms with Crippen molar-refractivity contribution in [1.82, 2.24) is 9.55 Å². The van der Waals surface area contributed by atoms with Crippen molar-refractivity contribution in [3.05, 3.63) is 82.4 Å². The Hall–Kier alpha value is -3.87. The molecule has 1 aromatic heterocycles. The molecule has 1 atom stereocenters. The highest BCUT2D eigenvalue weighted by atomic mass is 16.6. The zero-order valence-electron chi connectivity index (χ0n) is 15.6. The van der Waals surface area contributed by atoms with Crippen LogP contribution in [0.15, 0.2) is 66.7 Å². The summed E-state index contributed by atoms with van der Waals surface area (Å²) in [5, 5.41) is 24.2. The quantitative estimate of drug-likeness (QED) is 0.392. The fourth-order valence-corrected chi connectivity index (χ4v) is 4.17. The van der Waals surface area contributed by atoms with Gasteiger partial charge in [0.1, 0.15) is 12.0 Å². The number of anilines is 1. The van der Waals surface area contributed by atoms with Crippen molar-refractivity contribution in [2.24, 2.45) is 0 Å². The molecule has 3 aromatic carbocycles. The van der Waals surface area contributed by atoms with Crippen LogP contribution in [-0.4, -0.2) is 21.0 Å². The molecule has 0 amide bonds. The average Bonchev–Trinajstić information content (AvgIpc) is 3.13. The second-order valence-corrected chi connectivity index (χ2v) is 6.95. The van der Waals surface area contributed by atoms with Crippen LogP contribution in [0.5, 0.6) is 5.75 Å². The first-order chi connectivity index (χ1) is 14.1. The molecule has 7 nitrogen and oxygen atoms in total. The van der Waals surface area contributed by atoms with Crippen molar-refractivity contribution in [3.8, 4) is 17.1 Å². The number of nitro benzene ring substituents is 1. The average molecular weight is 385 g/mol. The Bertz CT molecular complexity index is 1260. The number of nitro groups is 1. The van der Waals surface area contributed by atoms with E-state index in [9.17, 15) is 15.2 Å². The zero-order valence-corrected chi connectivity index (χ0v) is 15.6. The van der Waals surface area contributed by atoms with Gasteiger partial charge in [-0.3, -0.25) is 14.7 Å². The molecule has 0 radical (unpaired) electrons. The molecule has 0 bridgehead atoms. The van der Waals surface area contributed by atoms with Crippen LogP contribution in [0.3, 0.4) is 0 Å². The number of fused-ring (bicyclic) bond motifs is 5. The van der Waals surface area contributed by atoms with Crippen molar-refractivity contribution in [1.29, 1.82) is 0 Å². The normalized spacial score (nSPS) is 15.2. The summed E-state index contributed by atoms with van der Waals surface area (Å²) in [7, 11) is 0. The first-order valence-electron chi connectivity index (χ1n) is 9.38. The maximum atomic E-state index is 12.9. The molecule has 144 valence electrons. The van der Waals surface area contributed by atoms with Crippen LogP contribution in [0.4, 0.5) is 11.4 Å². The molecule has 0 unspecified atom stereocenters. The lowest BCUT2D eigenvalue weighted by molar-refractivity contribution is -0.385. The van der Waals surface area contributed by atoms with Gasteiger partial charge < -0.3 is 10.0 Å². The Balaban J connectivity index is 1.87. The minimum Gasteiger partial charge on any atom is -0.872 e. The van der Waals surface area contributed by atoms with Crippen molar-refractivity contribution < 1.29 is 10.0 Å². The Labute approximate surface area is 166 Å². The van der Waals surface area contributed by atoms with Crippen LogP contribution in [-0.2, 0) is 0 Å². The highest BCUT2D eigenvalue weighted by Crippen LogP contribution is 2.46. The monoisotopic (exact) mass is 385 g/mol. The summed E-state index contributed by atoms with van der Waals surface area (Å²) in [4.78, 5) is 17.8. The highest BCUT2D eigenvalue weighted by molar-refractivity contribution is 5.87. The lowest BCUT2D eigenvalue weighted by Gasteiger charge is -2.41. The largest absolute Gasteiger partial charge is 0.872 e. The molecular formula is C22H17N4O3-. The maximum absolute atomic E-state index is 12.9. The number of hydrogen-bond acceptors (Lipinski definition) is 5. The van der Waals surface area contributed by atoms with E-state index in [-0.39, 0.29) is 11.4 Å². The van der Waals surface area contributed by atoms with E-state index >= 15 is 0 Å². The molecule has 29 heavy (non-hydrogen) atoms. The third-order valence-corrected chi connectivity index (χ3v) is 5.41. The first kappa shape index (κ1) is 17.2. The highest BCUT2D eigenvalue weighted by Gasteiger charge is 2.34. The lowest BCUT2D eigenvalue weighted by Crippen LogP contribution is -2.37. The zero-order chi connectivity index (χ0) is 20.1. The van der Waals surface area contributed by atoms with Gasteiger partial charge in [-0.1, -0.05) is 30.3 Å². The molecule has 0 saturated heterocycles. The molecule has 0 aliphatic carbocycles. The molecule has 7 heteroatoms. The number of aromatic nitrogens is 2. The van der Waals surface area contributed by atoms with E-state index in [0.29, 0.717) is 12.1 Å². The summed E-state index contributed by atoms with van der Waals surface area (Å²) < 4.78 is 2.02. The Kier molecular flexibility index (Phi) is 3.77. The minimum absolute atomic E-state index is 0.0968. The van der Waals surface area contributed by atoms with Gasteiger partial charge in [-0.25, -0.2) is 4.98 Å². The number of imidazole rings is 1. The van der Waals surface area contributed by atoms with E-state index < -0.39 is 11.1 Å². The van der Waals surface area contributed by atoms with E-state index in [1.54, 1.807) is 0 Å². The Morgan fingerprint density at radius 3 is 2.62 bits per heavy atom. The number of nitrogens with zero attached hydrogens (tertiary/aromatic N) is 4. The molecule has 1 aliphatic heterocycles. The van der Waals surface area contributed by atoms with E-state index in [0.717, 1.165) is 28.1 Å². The second-order valence-electron chi connectivity index (χ2n) is 6.95. The number of non-ortho nitro benzene ring substituents is 1. The molecule has 0 N–H and O–H groups in total. The van der Waals surface area contributed by atoms with E-state index in [1.165, 1.54) is 18.2 Å². The molecule has 4 aromatic rings. The predicted octanol–water partition coefficient (Wildman–Crippen LogP) is 4.07. The smallest absolute Gasteiger partial charge is 0.269 e. The topological polar surface area (TPSA) is 87.3 Å². The van der Waals surface area contributed by atoms with Crippen LogP contribution >= 0.6 is 0 Å². The standard InChI is InChI=1S/C22H18N4O3/c1-2-24-18-9-5-3-7-15(18)21-23-17-8-4-6-10-19(17)25(21)22(24)16-13-14(26(28)29)11-12-20(16)27/h3-13,22,27H,2H2,1H3/p-1/t22-/m0/s1. The number of rotatable bonds is 3. The van der Waals surface area contributed by atoms with Crippen molar-refractivity contribution in [2.45, 2.75) is 13.1 Å². The van der Waals surface area contributed by atoms with Crippen molar-refractivity contribution in [3.63, 3.8) is 0 Å². The van der Waals surface area contributed by atoms with Crippen LogP contribution in [0.25, 0.3) is 22.4 Å². The van der Waals surface area contributed by atoms with Gasteiger partial charge in [0.15, 0.2) is 0 Å². The van der Waals surface area contributed by atoms with Gasteiger partial charge in [-0.05, 0) is 36.8 Å². The fraction of sp³-hybridized carbons (Fsp3) is 0.136. The molecule has 5 rings (SSSR count). The number of para-hydroxylation sites is 3. The van der Waals surface area contributed by atoms with E-state index in [4.69, 9.17) is 4.98 Å². The van der Waals surface area contributed by atoms with Gasteiger partial charge in [0.05, 0.1) is 16.0 Å². The molecular weight excluding hydrogens is 368 g/mol. The summed E-state index contributed by atoms with van der Waals surface area (Å²) in [6, 6.07) is 19.6. The molecule has 0 fully saturated rings.